The van der Waals surface area contributed by atoms with Gasteiger partial charge in [0, 0.05) is 11.1 Å². The Kier molecular flexibility index (Phi) is 6.59. The topological polar surface area (TPSA) is 85.9 Å². The summed E-state index contributed by atoms with van der Waals surface area (Å²) < 4.78 is 29.3. The Bertz CT molecular complexity index is 816. The van der Waals surface area contributed by atoms with Crippen LogP contribution in [0.3, 0.4) is 0 Å². The molecule has 0 spiro atoms. The Morgan fingerprint density at radius 3 is 2.15 bits per heavy atom. The fraction of sp³-hybridized carbons (Fsp3) is 0.263. The number of rotatable bonds is 6. The second-order valence-electron chi connectivity index (χ2n) is 5.64. The van der Waals surface area contributed by atoms with Crippen LogP contribution < -0.4 is 25.1 Å². The van der Waals surface area contributed by atoms with Crippen LogP contribution in [0.15, 0.2) is 36.4 Å². The van der Waals surface area contributed by atoms with E-state index in [9.17, 15) is 14.0 Å². The van der Waals surface area contributed by atoms with E-state index in [1.54, 1.807) is 13.0 Å². The molecule has 2 aromatic rings. The van der Waals surface area contributed by atoms with Gasteiger partial charge in [0.15, 0.2) is 17.7 Å². The zero-order valence-corrected chi connectivity index (χ0v) is 15.5. The molecule has 0 aromatic heterocycles. The van der Waals surface area contributed by atoms with E-state index in [1.165, 1.54) is 51.5 Å². The van der Waals surface area contributed by atoms with Gasteiger partial charge in [-0.05, 0) is 38.1 Å². The number of methoxy groups -OCH3 is 2. The van der Waals surface area contributed by atoms with E-state index in [2.05, 4.69) is 10.9 Å². The van der Waals surface area contributed by atoms with Gasteiger partial charge in [-0.25, -0.2) is 4.39 Å². The van der Waals surface area contributed by atoms with Crippen molar-refractivity contribution in [2.24, 2.45) is 0 Å². The molecule has 0 saturated heterocycles. The molecule has 0 heterocycles. The predicted octanol–water partition coefficient (Wildman–Crippen LogP) is 2.38. The molecule has 144 valence electrons. The molecular formula is C19H21FN2O5. The lowest BCUT2D eigenvalue weighted by molar-refractivity contribution is -0.128. The minimum absolute atomic E-state index is 0.0560. The Hall–Kier alpha value is -3.29. The normalized spacial score (nSPS) is 11.3. The van der Waals surface area contributed by atoms with E-state index >= 15 is 0 Å². The number of ether oxygens (including phenoxy) is 3. The maximum Gasteiger partial charge on any atom is 0.279 e. The zero-order chi connectivity index (χ0) is 20.0. The molecule has 0 fully saturated rings. The third kappa shape index (κ3) is 4.87. The Morgan fingerprint density at radius 1 is 1.00 bits per heavy atom. The van der Waals surface area contributed by atoms with Gasteiger partial charge < -0.3 is 14.2 Å². The first-order valence-corrected chi connectivity index (χ1v) is 8.11. The lowest BCUT2D eigenvalue weighted by atomic mass is 10.1. The first-order valence-electron chi connectivity index (χ1n) is 8.11. The molecule has 0 saturated carbocycles. The van der Waals surface area contributed by atoms with Gasteiger partial charge >= 0.3 is 0 Å². The van der Waals surface area contributed by atoms with Gasteiger partial charge in [0.1, 0.15) is 11.5 Å². The molecule has 0 aliphatic carbocycles. The van der Waals surface area contributed by atoms with E-state index < -0.39 is 23.7 Å². The van der Waals surface area contributed by atoms with Crippen LogP contribution in [0.2, 0.25) is 0 Å². The maximum atomic E-state index is 13.6. The average Bonchev–Trinajstić information content (AvgIpc) is 2.67. The van der Waals surface area contributed by atoms with Crippen molar-refractivity contribution in [3.05, 3.63) is 53.3 Å². The summed E-state index contributed by atoms with van der Waals surface area (Å²) in [5.74, 6) is -0.903. The smallest absolute Gasteiger partial charge is 0.279 e. The molecule has 0 aliphatic heterocycles. The molecule has 2 rings (SSSR count). The van der Waals surface area contributed by atoms with Crippen LogP contribution in [0, 0.1) is 12.7 Å². The van der Waals surface area contributed by atoms with Crippen molar-refractivity contribution in [1.82, 2.24) is 10.9 Å². The zero-order valence-electron chi connectivity index (χ0n) is 15.5. The average molecular weight is 376 g/mol. The first kappa shape index (κ1) is 20.0. The summed E-state index contributed by atoms with van der Waals surface area (Å²) in [4.78, 5) is 24.4. The summed E-state index contributed by atoms with van der Waals surface area (Å²) in [5, 5.41) is 0. The van der Waals surface area contributed by atoms with Gasteiger partial charge in [0.25, 0.3) is 11.8 Å². The molecule has 0 radical (unpaired) electrons. The van der Waals surface area contributed by atoms with Crippen molar-refractivity contribution in [2.75, 3.05) is 14.2 Å². The van der Waals surface area contributed by atoms with Crippen molar-refractivity contribution >= 4 is 11.8 Å². The molecule has 8 heteroatoms. The highest BCUT2D eigenvalue weighted by molar-refractivity contribution is 5.96. The van der Waals surface area contributed by atoms with E-state index in [0.29, 0.717) is 11.5 Å². The number of carbonyl (C=O) groups is 2. The van der Waals surface area contributed by atoms with Gasteiger partial charge in [0.2, 0.25) is 0 Å². The fourth-order valence-corrected chi connectivity index (χ4v) is 2.29. The number of carbonyl (C=O) groups excluding carboxylic acids is 2. The number of hydrazine groups is 1. The van der Waals surface area contributed by atoms with Crippen LogP contribution in [0.5, 0.6) is 17.2 Å². The standard InChI is InChI=1S/C19H21FN2O5/c1-11-16(25-3)9-13(10-17(11)26-4)19(24)22-21-18(23)12(2)27-15-8-6-5-7-14(15)20/h5-10,12H,1-4H3,(H,21,23)(H,22,24). The number of benzene rings is 2. The van der Waals surface area contributed by atoms with Gasteiger partial charge in [-0.3, -0.25) is 20.4 Å². The molecule has 1 unspecified atom stereocenters. The highest BCUT2D eigenvalue weighted by Gasteiger charge is 2.18. The molecule has 27 heavy (non-hydrogen) atoms. The van der Waals surface area contributed by atoms with Gasteiger partial charge in [0.05, 0.1) is 14.2 Å². The monoisotopic (exact) mass is 376 g/mol. The third-order valence-corrected chi connectivity index (χ3v) is 3.82. The van der Waals surface area contributed by atoms with Crippen LogP contribution in [-0.2, 0) is 4.79 Å². The molecule has 2 amide bonds. The Balaban J connectivity index is 2.00. The number of para-hydroxylation sites is 1. The number of hydrogen-bond donors (Lipinski definition) is 2. The van der Waals surface area contributed by atoms with Crippen LogP contribution in [-0.4, -0.2) is 32.1 Å². The summed E-state index contributed by atoms with van der Waals surface area (Å²) >= 11 is 0. The summed E-state index contributed by atoms with van der Waals surface area (Å²) in [5.41, 5.74) is 5.50. The van der Waals surface area contributed by atoms with Crippen molar-refractivity contribution in [2.45, 2.75) is 20.0 Å². The summed E-state index contributed by atoms with van der Waals surface area (Å²) in [6.45, 7) is 3.23. The number of halogens is 1. The second kappa shape index (κ2) is 8.88. The molecule has 0 aliphatic rings. The summed E-state index contributed by atoms with van der Waals surface area (Å²) in [7, 11) is 2.96. The predicted molar refractivity (Wildman–Crippen MR) is 96.4 cm³/mol. The largest absolute Gasteiger partial charge is 0.496 e. The van der Waals surface area contributed by atoms with Crippen molar-refractivity contribution < 1.29 is 28.2 Å². The van der Waals surface area contributed by atoms with E-state index in [0.717, 1.165) is 5.56 Å². The highest BCUT2D eigenvalue weighted by atomic mass is 19.1. The lowest BCUT2D eigenvalue weighted by Gasteiger charge is -2.16. The molecule has 1 atom stereocenters. The number of hydrogen-bond acceptors (Lipinski definition) is 5. The minimum atomic E-state index is -1.02. The highest BCUT2D eigenvalue weighted by Crippen LogP contribution is 2.29. The van der Waals surface area contributed by atoms with Crippen LogP contribution >= 0.6 is 0 Å². The van der Waals surface area contributed by atoms with Gasteiger partial charge in [-0.1, -0.05) is 12.1 Å². The second-order valence-corrected chi connectivity index (χ2v) is 5.64. The molecule has 2 aromatic carbocycles. The lowest BCUT2D eigenvalue weighted by Crippen LogP contribution is -2.47. The number of nitrogens with one attached hydrogen (secondary N) is 2. The quantitative estimate of drug-likeness (QED) is 0.756. The van der Waals surface area contributed by atoms with Crippen molar-refractivity contribution in [3.8, 4) is 17.2 Å². The summed E-state index contributed by atoms with van der Waals surface area (Å²) in [6, 6.07) is 8.78. The first-order chi connectivity index (χ1) is 12.9. The molecule has 7 nitrogen and oxygen atoms in total. The molecule has 2 N–H and O–H groups in total. The third-order valence-electron chi connectivity index (χ3n) is 3.82. The molecular weight excluding hydrogens is 355 g/mol. The van der Waals surface area contributed by atoms with E-state index in [4.69, 9.17) is 14.2 Å². The minimum Gasteiger partial charge on any atom is -0.496 e. The number of amides is 2. The summed E-state index contributed by atoms with van der Waals surface area (Å²) in [6.07, 6.45) is -1.02. The van der Waals surface area contributed by atoms with Crippen LogP contribution in [0.1, 0.15) is 22.8 Å². The van der Waals surface area contributed by atoms with Crippen LogP contribution in [0.25, 0.3) is 0 Å². The van der Waals surface area contributed by atoms with Gasteiger partial charge in [-0.2, -0.15) is 0 Å². The van der Waals surface area contributed by atoms with Gasteiger partial charge in [-0.15, -0.1) is 0 Å². The Morgan fingerprint density at radius 2 is 1.59 bits per heavy atom. The maximum absolute atomic E-state index is 13.6. The van der Waals surface area contributed by atoms with Crippen LogP contribution in [0.4, 0.5) is 4.39 Å². The van der Waals surface area contributed by atoms with Crippen molar-refractivity contribution in [1.29, 1.82) is 0 Å². The van der Waals surface area contributed by atoms with E-state index in [1.807, 2.05) is 0 Å². The van der Waals surface area contributed by atoms with E-state index in [-0.39, 0.29) is 11.3 Å². The fourth-order valence-electron chi connectivity index (χ4n) is 2.29. The Labute approximate surface area is 156 Å². The SMILES string of the molecule is COc1cc(C(=O)NNC(=O)C(C)Oc2ccccc2F)cc(OC)c1C. The molecule has 0 bridgehead atoms. The van der Waals surface area contributed by atoms with Crippen molar-refractivity contribution in [3.63, 3.8) is 0 Å².